The largest absolute Gasteiger partial charge is 0.311 e. The first-order chi connectivity index (χ1) is 7.45. The van der Waals surface area contributed by atoms with Crippen LogP contribution in [0.15, 0.2) is 26.3 Å². The van der Waals surface area contributed by atoms with Crippen LogP contribution in [0, 0.1) is 6.92 Å². The zero-order chi connectivity index (χ0) is 11.9. The molecule has 1 unspecified atom stereocenters. The van der Waals surface area contributed by atoms with Gasteiger partial charge in [0.15, 0.2) is 0 Å². The summed E-state index contributed by atoms with van der Waals surface area (Å²) < 4.78 is 24.9. The molecule has 0 fully saturated rings. The van der Waals surface area contributed by atoms with Crippen LogP contribution >= 0.6 is 11.3 Å². The van der Waals surface area contributed by atoms with Crippen LogP contribution in [-0.4, -0.2) is 13.7 Å². The van der Waals surface area contributed by atoms with Gasteiger partial charge in [-0.15, -0.1) is 4.47 Å². The highest BCUT2D eigenvalue weighted by molar-refractivity contribution is 7.88. The van der Waals surface area contributed by atoms with Crippen LogP contribution in [0.2, 0.25) is 0 Å². The van der Waals surface area contributed by atoms with E-state index < -0.39 is 10.0 Å². The number of H-pyrrole nitrogens is 1. The van der Waals surface area contributed by atoms with Crippen molar-refractivity contribution in [3.63, 3.8) is 0 Å². The predicted octanol–water partition coefficient (Wildman–Crippen LogP) is 1.07. The van der Waals surface area contributed by atoms with Gasteiger partial charge in [0, 0.05) is 0 Å². The maximum atomic E-state index is 11.7. The lowest BCUT2D eigenvalue weighted by molar-refractivity contribution is 0.549. The maximum absolute atomic E-state index is 11.7. The van der Waals surface area contributed by atoms with Crippen LogP contribution in [0.5, 0.6) is 0 Å². The number of aryl methyl sites for hydroxylation is 1. The number of thiazole rings is 1. The van der Waals surface area contributed by atoms with Gasteiger partial charge in [0.05, 0.1) is 10.2 Å². The van der Waals surface area contributed by atoms with Crippen molar-refractivity contribution in [2.75, 3.05) is 0 Å². The molecule has 2 rings (SSSR count). The molecule has 0 radical (unpaired) electrons. The number of aromatic amines is 1. The van der Waals surface area contributed by atoms with Crippen molar-refractivity contribution in [2.45, 2.75) is 11.8 Å². The zero-order valence-corrected chi connectivity index (χ0v) is 9.89. The summed E-state index contributed by atoms with van der Waals surface area (Å²) in [5.74, 6) is 4.92. The van der Waals surface area contributed by atoms with Gasteiger partial charge in [-0.1, -0.05) is 17.4 Å². The van der Waals surface area contributed by atoms with Gasteiger partial charge in [-0.05, 0) is 18.6 Å². The van der Waals surface area contributed by atoms with E-state index in [-0.39, 0.29) is 9.77 Å². The molecule has 6 nitrogen and oxygen atoms in total. The second kappa shape index (κ2) is 3.67. The number of nitrogens with one attached hydrogen (secondary N) is 1. The fraction of sp³-hybridized carbons (Fsp3) is 0.125. The highest BCUT2D eigenvalue weighted by Crippen LogP contribution is 2.26. The molecular weight excluding hydrogens is 250 g/mol. The molecule has 86 valence electrons. The molecular formula is C8H9N3O3S2. The summed E-state index contributed by atoms with van der Waals surface area (Å²) in [4.78, 5) is 13.5. The molecule has 0 spiro atoms. The number of nitrogens with two attached hydrogens (primary N) is 1. The summed E-state index contributed by atoms with van der Waals surface area (Å²) in [5.41, 5.74) is 0.889. The Balaban J connectivity index is 3.03. The standard InChI is InChI=1S/C8H9N3O3S2/c1-4-2-3-5-6(10-8(12)15-5)7(4)16(13,14)11-9/h2-3H,9H2,1H3,(H,10,12)(H,11,13,14). The summed E-state index contributed by atoms with van der Waals surface area (Å²) >= 11 is 0.971. The Labute approximate surface area is 95.1 Å². The van der Waals surface area contributed by atoms with Crippen molar-refractivity contribution >= 4 is 31.6 Å². The second-order valence-electron chi connectivity index (χ2n) is 3.20. The van der Waals surface area contributed by atoms with Crippen molar-refractivity contribution in [3.05, 3.63) is 27.4 Å². The molecule has 1 aromatic carbocycles. The lowest BCUT2D eigenvalue weighted by atomic mass is 10.2. The maximum Gasteiger partial charge on any atom is 0.305 e. The Hall–Kier alpha value is -1.22. The van der Waals surface area contributed by atoms with Gasteiger partial charge in [-0.2, -0.15) is 0 Å². The van der Waals surface area contributed by atoms with E-state index in [4.69, 9.17) is 5.84 Å². The van der Waals surface area contributed by atoms with E-state index in [2.05, 4.69) is 9.46 Å². The average molecular weight is 259 g/mol. The minimum absolute atomic E-state index is 0.0749. The van der Waals surface area contributed by atoms with Crippen molar-refractivity contribution in [3.8, 4) is 0 Å². The summed E-state index contributed by atoms with van der Waals surface area (Å²) in [6.07, 6.45) is 0. The Kier molecular flexibility index (Phi) is 2.58. The third-order valence-corrected chi connectivity index (χ3v) is 4.35. The molecule has 16 heavy (non-hydrogen) atoms. The molecule has 0 saturated carbocycles. The van der Waals surface area contributed by atoms with Crippen LogP contribution in [0.25, 0.3) is 10.2 Å². The molecule has 2 aromatic rings. The van der Waals surface area contributed by atoms with Gasteiger partial charge in [0.1, 0.15) is 4.90 Å². The Morgan fingerprint density at radius 3 is 2.88 bits per heavy atom. The molecule has 0 aliphatic carbocycles. The minimum atomic E-state index is -3.65. The van der Waals surface area contributed by atoms with Crippen LogP contribution < -0.4 is 10.7 Å². The third kappa shape index (κ3) is 1.65. The molecule has 8 heteroatoms. The lowest BCUT2D eigenvalue weighted by Crippen LogP contribution is -2.06. The molecule has 1 aromatic heterocycles. The van der Waals surface area contributed by atoms with Gasteiger partial charge in [-0.3, -0.25) is 9.35 Å². The van der Waals surface area contributed by atoms with E-state index in [1.807, 2.05) is 0 Å². The van der Waals surface area contributed by atoms with E-state index in [0.717, 1.165) is 11.3 Å². The summed E-state index contributed by atoms with van der Waals surface area (Å²) in [5, 5.41) is 0. The highest BCUT2D eigenvalue weighted by atomic mass is 32.2. The Morgan fingerprint density at radius 1 is 1.56 bits per heavy atom. The van der Waals surface area contributed by atoms with Crippen LogP contribution in [0.3, 0.4) is 0 Å². The second-order valence-corrected chi connectivity index (χ2v) is 5.83. The molecule has 0 amide bonds. The monoisotopic (exact) mass is 259 g/mol. The Bertz CT molecular complexity index is 722. The number of hydrogen-bond donors (Lipinski definition) is 3. The van der Waals surface area contributed by atoms with Crippen molar-refractivity contribution in [1.82, 2.24) is 4.98 Å². The fourth-order valence-electron chi connectivity index (χ4n) is 1.50. The molecule has 0 aliphatic heterocycles. The van der Waals surface area contributed by atoms with Crippen LogP contribution in [-0.2, 0) is 10.0 Å². The van der Waals surface area contributed by atoms with Crippen LogP contribution in [0.4, 0.5) is 0 Å². The number of rotatable bonds is 1. The number of nitrogens with zero attached hydrogens (tertiary/aromatic N) is 1. The van der Waals surface area contributed by atoms with Gasteiger partial charge >= 0.3 is 4.87 Å². The lowest BCUT2D eigenvalue weighted by Gasteiger charge is -2.06. The normalized spacial score (nSPS) is 14.9. The average Bonchev–Trinajstić information content (AvgIpc) is 2.57. The first kappa shape index (κ1) is 11.3. The van der Waals surface area contributed by atoms with Crippen molar-refractivity contribution in [2.24, 2.45) is 10.3 Å². The summed E-state index contributed by atoms with van der Waals surface area (Å²) in [6.45, 7) is 1.66. The molecule has 4 N–H and O–H groups in total. The first-order valence-electron chi connectivity index (χ1n) is 4.27. The summed E-state index contributed by atoms with van der Waals surface area (Å²) in [6, 6.07) is 3.37. The molecule has 0 bridgehead atoms. The van der Waals surface area contributed by atoms with E-state index >= 15 is 0 Å². The summed E-state index contributed by atoms with van der Waals surface area (Å²) in [7, 11) is -3.65. The van der Waals surface area contributed by atoms with Crippen molar-refractivity contribution in [1.29, 1.82) is 0 Å². The smallest absolute Gasteiger partial charge is 0.305 e. The minimum Gasteiger partial charge on any atom is -0.311 e. The van der Waals surface area contributed by atoms with E-state index in [1.165, 1.54) is 0 Å². The fourth-order valence-corrected chi connectivity index (χ4v) is 3.32. The van der Waals surface area contributed by atoms with Gasteiger partial charge in [0.25, 0.3) is 0 Å². The predicted molar refractivity (Wildman–Crippen MR) is 62.8 cm³/mol. The molecule has 1 heterocycles. The van der Waals surface area contributed by atoms with E-state index in [1.54, 1.807) is 19.1 Å². The molecule has 1 atom stereocenters. The topological polar surface area (TPSA) is 109 Å². The number of fused-ring (bicyclic) bond motifs is 1. The molecule has 0 aliphatic rings. The number of hydrogen-bond acceptors (Lipinski definition) is 4. The SMILES string of the molecule is Cc1ccc2sc(=O)[nH]c2c1S(=O)(O)=NN. The van der Waals surface area contributed by atoms with Gasteiger partial charge in [-0.25, -0.2) is 10.1 Å². The van der Waals surface area contributed by atoms with Gasteiger partial charge < -0.3 is 4.98 Å². The first-order valence-corrected chi connectivity index (χ1v) is 6.56. The number of benzene rings is 1. The number of aromatic nitrogens is 1. The molecule has 0 saturated heterocycles. The highest BCUT2D eigenvalue weighted by Gasteiger charge is 2.17. The van der Waals surface area contributed by atoms with Crippen LogP contribution in [0.1, 0.15) is 5.56 Å². The van der Waals surface area contributed by atoms with E-state index in [9.17, 15) is 13.6 Å². The third-order valence-electron chi connectivity index (χ3n) is 2.15. The quantitative estimate of drug-likeness (QED) is 0.525. The van der Waals surface area contributed by atoms with E-state index in [0.29, 0.717) is 15.8 Å². The van der Waals surface area contributed by atoms with Gasteiger partial charge in [0.2, 0.25) is 10.0 Å². The zero-order valence-electron chi connectivity index (χ0n) is 8.26. The van der Waals surface area contributed by atoms with Crippen molar-refractivity contribution < 1.29 is 8.76 Å². The Morgan fingerprint density at radius 2 is 2.25 bits per heavy atom.